The summed E-state index contributed by atoms with van der Waals surface area (Å²) in [4.78, 5) is 10.0. The Morgan fingerprint density at radius 3 is 3.08 bits per heavy atom. The van der Waals surface area contributed by atoms with E-state index in [1.165, 1.54) is 5.57 Å². The molecule has 0 bridgehead atoms. The molecule has 1 N–H and O–H groups in total. The zero-order valence-electron chi connectivity index (χ0n) is 7.07. The molecule has 12 heavy (non-hydrogen) atoms. The fourth-order valence-corrected chi connectivity index (χ4v) is 1.23. The molecule has 0 saturated heterocycles. The summed E-state index contributed by atoms with van der Waals surface area (Å²) in [6.07, 6.45) is 9.63. The molecule has 0 aliphatic heterocycles. The molecule has 0 amide bonds. The molecule has 0 aromatic carbocycles. The number of rotatable bonds is 4. The lowest BCUT2D eigenvalue weighted by Gasteiger charge is -2.09. The Kier molecular flexibility index (Phi) is 3.74. The molecule has 0 saturated carbocycles. The molecule has 1 rings (SSSR count). The summed E-state index contributed by atoms with van der Waals surface area (Å²) in [6.45, 7) is 0. The fraction of sp³-hybridized carbons (Fsp3) is 0.500. The fourth-order valence-electron chi connectivity index (χ4n) is 1.23. The largest absolute Gasteiger partial charge is 0.389 e. The van der Waals surface area contributed by atoms with Gasteiger partial charge in [-0.3, -0.25) is 0 Å². The van der Waals surface area contributed by atoms with Gasteiger partial charge >= 0.3 is 0 Å². The quantitative estimate of drug-likeness (QED) is 0.509. The number of aldehydes is 1. The molecule has 1 aliphatic rings. The summed E-state index contributed by atoms with van der Waals surface area (Å²) < 4.78 is 0. The average Bonchev–Trinajstić information content (AvgIpc) is 2.09. The number of unbranched alkanes of at least 4 members (excludes halogenated alkanes) is 1. The molecular formula is C10H14O2. The van der Waals surface area contributed by atoms with E-state index in [2.05, 4.69) is 0 Å². The number of hydrogen-bond donors (Lipinski definition) is 1. The topological polar surface area (TPSA) is 37.3 Å². The van der Waals surface area contributed by atoms with Crippen LogP contribution in [0.15, 0.2) is 23.8 Å². The Labute approximate surface area is 72.6 Å². The van der Waals surface area contributed by atoms with Gasteiger partial charge in [0.1, 0.15) is 6.29 Å². The standard InChI is InChI=1S/C10H14O2/c11-8-2-1-3-9-4-6-10(12)7-5-9/h4-6,8,10,12H,1-3,7H2. The third-order valence-corrected chi connectivity index (χ3v) is 1.94. The van der Waals surface area contributed by atoms with E-state index in [0.717, 1.165) is 19.1 Å². The first-order chi connectivity index (χ1) is 5.83. The molecule has 0 spiro atoms. The number of allylic oxidation sites excluding steroid dienone is 2. The van der Waals surface area contributed by atoms with Crippen molar-refractivity contribution in [1.29, 1.82) is 0 Å². The Bertz CT molecular complexity index is 204. The van der Waals surface area contributed by atoms with Crippen molar-refractivity contribution in [2.45, 2.75) is 31.8 Å². The molecule has 0 radical (unpaired) electrons. The van der Waals surface area contributed by atoms with Gasteiger partial charge in [-0.1, -0.05) is 23.8 Å². The normalized spacial score (nSPS) is 22.1. The van der Waals surface area contributed by atoms with Crippen LogP contribution < -0.4 is 0 Å². The van der Waals surface area contributed by atoms with Crippen LogP contribution in [-0.4, -0.2) is 17.5 Å². The van der Waals surface area contributed by atoms with E-state index in [0.29, 0.717) is 12.8 Å². The number of carbonyl (C=O) groups excluding carboxylic acids is 1. The Morgan fingerprint density at radius 1 is 1.67 bits per heavy atom. The van der Waals surface area contributed by atoms with Crippen molar-refractivity contribution in [3.05, 3.63) is 23.8 Å². The van der Waals surface area contributed by atoms with Crippen molar-refractivity contribution in [3.8, 4) is 0 Å². The van der Waals surface area contributed by atoms with Gasteiger partial charge in [-0.05, 0) is 19.3 Å². The van der Waals surface area contributed by atoms with E-state index in [1.807, 2.05) is 12.2 Å². The molecular weight excluding hydrogens is 152 g/mol. The molecule has 0 aromatic heterocycles. The smallest absolute Gasteiger partial charge is 0.120 e. The van der Waals surface area contributed by atoms with Gasteiger partial charge in [0.25, 0.3) is 0 Å². The maximum atomic E-state index is 10.0. The predicted octanol–water partition coefficient (Wildman–Crippen LogP) is 1.60. The Morgan fingerprint density at radius 2 is 2.50 bits per heavy atom. The van der Waals surface area contributed by atoms with Crippen LogP contribution >= 0.6 is 0 Å². The maximum Gasteiger partial charge on any atom is 0.120 e. The van der Waals surface area contributed by atoms with Gasteiger partial charge in [0.2, 0.25) is 0 Å². The Hall–Kier alpha value is -0.890. The van der Waals surface area contributed by atoms with Crippen LogP contribution in [0.1, 0.15) is 25.7 Å². The summed E-state index contributed by atoms with van der Waals surface area (Å²) in [5.74, 6) is 0. The lowest BCUT2D eigenvalue weighted by atomic mass is 10.0. The molecule has 2 heteroatoms. The monoisotopic (exact) mass is 166 g/mol. The number of carbonyl (C=O) groups is 1. The van der Waals surface area contributed by atoms with E-state index < -0.39 is 0 Å². The highest BCUT2D eigenvalue weighted by Gasteiger charge is 2.03. The van der Waals surface area contributed by atoms with Crippen LogP contribution in [0.4, 0.5) is 0 Å². The summed E-state index contributed by atoms with van der Waals surface area (Å²) in [5.41, 5.74) is 1.24. The first kappa shape index (κ1) is 9.20. The van der Waals surface area contributed by atoms with Crippen LogP contribution in [0.5, 0.6) is 0 Å². The minimum absolute atomic E-state index is 0.306. The summed E-state index contributed by atoms with van der Waals surface area (Å²) >= 11 is 0. The zero-order chi connectivity index (χ0) is 8.81. The van der Waals surface area contributed by atoms with E-state index >= 15 is 0 Å². The average molecular weight is 166 g/mol. The minimum Gasteiger partial charge on any atom is -0.389 e. The van der Waals surface area contributed by atoms with Crippen molar-refractivity contribution in [3.63, 3.8) is 0 Å². The van der Waals surface area contributed by atoms with Crippen LogP contribution in [0.25, 0.3) is 0 Å². The SMILES string of the molecule is O=CCCCC1=CCC(O)C=C1. The van der Waals surface area contributed by atoms with Crippen molar-refractivity contribution >= 4 is 6.29 Å². The lowest BCUT2D eigenvalue weighted by molar-refractivity contribution is -0.107. The van der Waals surface area contributed by atoms with Crippen LogP contribution in [-0.2, 0) is 4.79 Å². The van der Waals surface area contributed by atoms with E-state index in [4.69, 9.17) is 5.11 Å². The van der Waals surface area contributed by atoms with Crippen molar-refractivity contribution in [2.75, 3.05) is 0 Å². The van der Waals surface area contributed by atoms with Crippen molar-refractivity contribution in [2.24, 2.45) is 0 Å². The maximum absolute atomic E-state index is 10.0. The zero-order valence-corrected chi connectivity index (χ0v) is 7.07. The molecule has 1 unspecified atom stereocenters. The third-order valence-electron chi connectivity index (χ3n) is 1.94. The van der Waals surface area contributed by atoms with E-state index in [9.17, 15) is 4.79 Å². The highest BCUT2D eigenvalue weighted by molar-refractivity contribution is 5.49. The second-order valence-electron chi connectivity index (χ2n) is 3.00. The summed E-state index contributed by atoms with van der Waals surface area (Å²) in [5, 5.41) is 9.11. The predicted molar refractivity (Wildman–Crippen MR) is 47.8 cm³/mol. The van der Waals surface area contributed by atoms with Crippen molar-refractivity contribution in [1.82, 2.24) is 0 Å². The molecule has 0 heterocycles. The molecule has 2 nitrogen and oxygen atoms in total. The summed E-state index contributed by atoms with van der Waals surface area (Å²) in [7, 11) is 0. The molecule has 1 aliphatic carbocycles. The van der Waals surface area contributed by atoms with Gasteiger partial charge in [-0.15, -0.1) is 0 Å². The van der Waals surface area contributed by atoms with Gasteiger partial charge < -0.3 is 9.90 Å². The highest BCUT2D eigenvalue weighted by Crippen LogP contribution is 2.15. The summed E-state index contributed by atoms with van der Waals surface area (Å²) in [6, 6.07) is 0. The van der Waals surface area contributed by atoms with E-state index in [1.54, 1.807) is 6.08 Å². The lowest BCUT2D eigenvalue weighted by Crippen LogP contribution is -2.03. The van der Waals surface area contributed by atoms with Crippen LogP contribution in [0.2, 0.25) is 0 Å². The van der Waals surface area contributed by atoms with Gasteiger partial charge in [0, 0.05) is 6.42 Å². The second-order valence-corrected chi connectivity index (χ2v) is 3.00. The molecule has 0 fully saturated rings. The number of hydrogen-bond acceptors (Lipinski definition) is 2. The van der Waals surface area contributed by atoms with Crippen LogP contribution in [0, 0.1) is 0 Å². The first-order valence-electron chi connectivity index (χ1n) is 4.32. The molecule has 1 atom stereocenters. The number of aliphatic hydroxyl groups is 1. The second kappa shape index (κ2) is 4.88. The minimum atomic E-state index is -0.306. The molecule has 0 aromatic rings. The molecule has 66 valence electrons. The van der Waals surface area contributed by atoms with Crippen LogP contribution in [0.3, 0.4) is 0 Å². The van der Waals surface area contributed by atoms with Gasteiger partial charge in [-0.2, -0.15) is 0 Å². The van der Waals surface area contributed by atoms with Gasteiger partial charge in [0.05, 0.1) is 6.10 Å². The van der Waals surface area contributed by atoms with Gasteiger partial charge in [0.15, 0.2) is 0 Å². The number of aliphatic hydroxyl groups excluding tert-OH is 1. The van der Waals surface area contributed by atoms with Crippen molar-refractivity contribution < 1.29 is 9.90 Å². The third kappa shape index (κ3) is 3.01. The van der Waals surface area contributed by atoms with Gasteiger partial charge in [-0.25, -0.2) is 0 Å². The van der Waals surface area contributed by atoms with E-state index in [-0.39, 0.29) is 6.10 Å². The Balaban J connectivity index is 2.25. The highest BCUT2D eigenvalue weighted by atomic mass is 16.3. The first-order valence-corrected chi connectivity index (χ1v) is 4.32.